The van der Waals surface area contributed by atoms with Crippen molar-refractivity contribution < 1.29 is 32.2 Å². The van der Waals surface area contributed by atoms with Crippen molar-refractivity contribution in [1.82, 2.24) is 4.98 Å². The van der Waals surface area contributed by atoms with Gasteiger partial charge in [-0.15, -0.1) is 11.8 Å². The van der Waals surface area contributed by atoms with Crippen LogP contribution in [0.2, 0.25) is 0 Å². The smallest absolute Gasteiger partial charge is 0.418 e. The second-order valence-corrected chi connectivity index (χ2v) is 12.8. The Labute approximate surface area is 234 Å². The maximum Gasteiger partial charge on any atom is 0.418 e. The number of aromatic amines is 1. The number of ether oxygens (including phenoxy) is 2. The lowest BCUT2D eigenvalue weighted by molar-refractivity contribution is -0.137. The van der Waals surface area contributed by atoms with Crippen molar-refractivity contribution in [3.8, 4) is 11.5 Å². The number of methoxy groups -OCH3 is 2. The van der Waals surface area contributed by atoms with Crippen LogP contribution in [0.15, 0.2) is 52.3 Å². The number of carbonyl (C=O) groups excluding carboxylic acids is 2. The molecule has 7 rings (SSSR count). The molecule has 0 unspecified atom stereocenters. The highest BCUT2D eigenvalue weighted by atomic mass is 32.2. The fourth-order valence-electron chi connectivity index (χ4n) is 7.58. The first-order valence-electron chi connectivity index (χ1n) is 12.8. The topological polar surface area (TPSA) is 88.7 Å². The summed E-state index contributed by atoms with van der Waals surface area (Å²) < 4.78 is 52.5. The first-order valence-corrected chi connectivity index (χ1v) is 14.5. The highest BCUT2D eigenvalue weighted by molar-refractivity contribution is 8.00. The molecule has 4 aliphatic rings. The minimum absolute atomic E-state index is 0.0864. The fourth-order valence-corrected chi connectivity index (χ4v) is 10.5. The minimum Gasteiger partial charge on any atom is -0.493 e. The molecule has 40 heavy (non-hydrogen) atoms. The number of aromatic nitrogens is 1. The van der Waals surface area contributed by atoms with Crippen LogP contribution in [0.5, 0.6) is 11.5 Å². The van der Waals surface area contributed by atoms with E-state index in [1.807, 2.05) is 12.1 Å². The van der Waals surface area contributed by atoms with E-state index in [0.29, 0.717) is 17.9 Å². The Morgan fingerprint density at radius 1 is 0.950 bits per heavy atom. The number of amides is 2. The lowest BCUT2D eigenvalue weighted by Crippen LogP contribution is -2.42. The molecule has 1 aromatic heterocycles. The third-order valence-corrected chi connectivity index (χ3v) is 11.5. The Hall–Kier alpha value is -3.25. The average molecular weight is 589 g/mol. The highest BCUT2D eigenvalue weighted by Gasteiger charge is 2.70. The molecule has 7 nitrogen and oxygen atoms in total. The number of nitrogens with one attached hydrogen (secondary N) is 1. The number of benzene rings is 2. The van der Waals surface area contributed by atoms with Crippen molar-refractivity contribution in [3.63, 3.8) is 0 Å². The van der Waals surface area contributed by atoms with Crippen molar-refractivity contribution in [2.75, 3.05) is 19.1 Å². The van der Waals surface area contributed by atoms with Crippen molar-refractivity contribution >= 4 is 40.6 Å². The van der Waals surface area contributed by atoms with E-state index in [9.17, 15) is 27.6 Å². The number of thioether (sulfide) groups is 1. The number of imide groups is 1. The van der Waals surface area contributed by atoms with Gasteiger partial charge >= 0.3 is 11.0 Å². The predicted molar refractivity (Wildman–Crippen MR) is 142 cm³/mol. The summed E-state index contributed by atoms with van der Waals surface area (Å²) in [5, 5.41) is 0.660. The number of thiazole rings is 1. The number of carbonyl (C=O) groups is 2. The van der Waals surface area contributed by atoms with E-state index in [1.165, 1.54) is 30.0 Å². The summed E-state index contributed by atoms with van der Waals surface area (Å²) in [6.45, 7) is 0. The number of anilines is 1. The third kappa shape index (κ3) is 3.47. The number of H-pyrrole nitrogens is 1. The van der Waals surface area contributed by atoms with Gasteiger partial charge in [0.2, 0.25) is 11.8 Å². The van der Waals surface area contributed by atoms with Gasteiger partial charge in [-0.1, -0.05) is 29.5 Å². The molecule has 2 aliphatic carbocycles. The summed E-state index contributed by atoms with van der Waals surface area (Å²) in [5.41, 5.74) is -0.516. The number of para-hydroxylation sites is 1. The number of alkyl halides is 3. The molecular weight excluding hydrogens is 565 g/mol. The summed E-state index contributed by atoms with van der Waals surface area (Å²) in [5.74, 6) is -2.22. The first kappa shape index (κ1) is 25.7. The molecule has 3 aromatic rings. The zero-order valence-corrected chi connectivity index (χ0v) is 22.9. The second kappa shape index (κ2) is 8.87. The lowest BCUT2D eigenvalue weighted by Gasteiger charge is -2.43. The van der Waals surface area contributed by atoms with Crippen LogP contribution in [-0.2, 0) is 15.8 Å². The number of halogens is 3. The van der Waals surface area contributed by atoms with Crippen LogP contribution < -0.4 is 19.2 Å². The maximum absolute atomic E-state index is 13.9. The molecule has 1 saturated heterocycles. The summed E-state index contributed by atoms with van der Waals surface area (Å²) in [4.78, 5) is 44.5. The molecule has 208 valence electrons. The predicted octanol–water partition coefficient (Wildman–Crippen LogP) is 5.15. The van der Waals surface area contributed by atoms with Crippen LogP contribution in [0.3, 0.4) is 0 Å². The van der Waals surface area contributed by atoms with Gasteiger partial charge in [0.05, 0.1) is 42.3 Å². The van der Waals surface area contributed by atoms with Gasteiger partial charge in [-0.25, -0.2) is 4.90 Å². The van der Waals surface area contributed by atoms with Gasteiger partial charge in [-0.2, -0.15) is 13.2 Å². The van der Waals surface area contributed by atoms with Crippen molar-refractivity contribution in [1.29, 1.82) is 0 Å². The summed E-state index contributed by atoms with van der Waals surface area (Å²) in [6.07, 6.45) is -4.08. The zero-order chi connectivity index (χ0) is 28.1. The van der Waals surface area contributed by atoms with E-state index in [4.69, 9.17) is 9.47 Å². The summed E-state index contributed by atoms with van der Waals surface area (Å²) >= 11 is 2.65. The molecule has 12 heteroatoms. The van der Waals surface area contributed by atoms with Crippen LogP contribution in [0.25, 0.3) is 0 Å². The molecule has 7 atom stereocenters. The molecule has 3 heterocycles. The molecule has 2 saturated carbocycles. The van der Waals surface area contributed by atoms with E-state index in [0.717, 1.165) is 37.8 Å². The van der Waals surface area contributed by atoms with Crippen LogP contribution in [0.1, 0.15) is 28.3 Å². The molecule has 2 aromatic carbocycles. The van der Waals surface area contributed by atoms with E-state index < -0.39 is 41.1 Å². The van der Waals surface area contributed by atoms with Gasteiger partial charge in [-0.3, -0.25) is 14.4 Å². The largest absolute Gasteiger partial charge is 0.493 e. The quantitative estimate of drug-likeness (QED) is 0.424. The Bertz CT molecular complexity index is 1620. The molecule has 0 spiro atoms. The van der Waals surface area contributed by atoms with E-state index in [-0.39, 0.29) is 33.8 Å². The van der Waals surface area contributed by atoms with Crippen molar-refractivity contribution in [3.05, 3.63) is 68.1 Å². The Kier molecular flexibility index (Phi) is 5.70. The molecule has 2 amide bonds. The van der Waals surface area contributed by atoms with Gasteiger partial charge in [0.15, 0.2) is 11.5 Å². The zero-order valence-electron chi connectivity index (χ0n) is 21.2. The number of rotatable bonds is 4. The number of nitrogens with zero attached hydrogens (tertiary/aromatic N) is 1. The number of hydrogen-bond donors (Lipinski definition) is 1. The number of fused-ring (bicyclic) bond motifs is 9. The number of hydrogen-bond acceptors (Lipinski definition) is 7. The molecule has 2 aliphatic heterocycles. The monoisotopic (exact) mass is 588 g/mol. The summed E-state index contributed by atoms with van der Waals surface area (Å²) in [6, 6.07) is 10.3. The van der Waals surface area contributed by atoms with Crippen LogP contribution in [0, 0.1) is 29.6 Å². The lowest BCUT2D eigenvalue weighted by atomic mass is 9.68. The standard InChI is InChI=1S/C28H23F3N2O5S2/c1-37-16-8-7-11(9-17(16)38-2)18-19-12-10-13(22(19)39-24-23(18)40-27(36)32-24)21-20(12)25(34)33(26(21)35)15-6-4-3-5-14(15)28(29,30)31/h3-9,12-13,18-22H,10H2,1-2H3,(H,32,36)/t12-,13-,18+,19+,20+,21+,22-/m1/s1. The Balaban J connectivity index is 1.33. The molecule has 1 N–H and O–H groups in total. The van der Waals surface area contributed by atoms with Crippen LogP contribution in [-0.4, -0.2) is 36.3 Å². The van der Waals surface area contributed by atoms with Crippen molar-refractivity contribution in [2.24, 2.45) is 29.6 Å². The fraction of sp³-hybridized carbons (Fsp3) is 0.393. The normalized spacial score (nSPS) is 30.3. The van der Waals surface area contributed by atoms with Gasteiger partial charge < -0.3 is 14.5 Å². The average Bonchev–Trinajstić information content (AvgIpc) is 3.66. The summed E-state index contributed by atoms with van der Waals surface area (Å²) in [7, 11) is 3.09. The van der Waals surface area contributed by atoms with Gasteiger partial charge in [0.1, 0.15) is 0 Å². The van der Waals surface area contributed by atoms with Gasteiger partial charge in [0.25, 0.3) is 0 Å². The highest BCUT2D eigenvalue weighted by Crippen LogP contribution is 2.69. The second-order valence-electron chi connectivity index (χ2n) is 10.6. The maximum atomic E-state index is 13.9. The van der Waals surface area contributed by atoms with Crippen LogP contribution in [0.4, 0.5) is 18.9 Å². The van der Waals surface area contributed by atoms with Gasteiger partial charge in [-0.05, 0) is 54.0 Å². The molecular formula is C28H23F3N2O5S2. The van der Waals surface area contributed by atoms with Crippen LogP contribution >= 0.6 is 23.1 Å². The molecule has 2 bridgehead atoms. The van der Waals surface area contributed by atoms with E-state index in [2.05, 4.69) is 4.98 Å². The van der Waals surface area contributed by atoms with E-state index >= 15 is 0 Å². The van der Waals surface area contributed by atoms with Gasteiger partial charge in [0, 0.05) is 16.0 Å². The third-order valence-electron chi connectivity index (χ3n) is 8.94. The Morgan fingerprint density at radius 3 is 2.35 bits per heavy atom. The minimum atomic E-state index is -4.71. The molecule has 3 fully saturated rings. The van der Waals surface area contributed by atoms with E-state index in [1.54, 1.807) is 20.3 Å². The Morgan fingerprint density at radius 2 is 1.65 bits per heavy atom. The first-order chi connectivity index (χ1) is 19.1. The molecule has 0 radical (unpaired) electrons. The SMILES string of the molecule is COc1ccc([C@@H]2c3sc(=O)[nH]c3S[C@@H]3[C@@H]4C[C@@H]([C@@H]5C(=O)N(c6ccccc6C(F)(F)F)C(=O)[C@@H]45)[C@@H]23)cc1OC. The van der Waals surface area contributed by atoms with Crippen molar-refractivity contribution in [2.45, 2.75) is 28.8 Å².